The molecule has 9 nitrogen and oxygen atoms in total. The van der Waals surface area contributed by atoms with Crippen molar-refractivity contribution in [3.63, 3.8) is 0 Å². The molecule has 1 N–H and O–H groups in total. The van der Waals surface area contributed by atoms with Crippen LogP contribution in [0.15, 0.2) is 4.99 Å². The number of nitrogens with zero attached hydrogens (tertiary/aromatic N) is 5. The Morgan fingerprint density at radius 3 is 1.89 bits per heavy atom. The Labute approximate surface area is 269 Å². The van der Waals surface area contributed by atoms with Gasteiger partial charge in [-0.05, 0) is 64.5 Å². The highest BCUT2D eigenvalue weighted by molar-refractivity contribution is 5.73. The molecule has 0 fully saturated rings. The topological polar surface area (TPSA) is 109 Å². The molecule has 0 aromatic carbocycles. The zero-order valence-electron chi connectivity index (χ0n) is 28.9. The Balaban J connectivity index is 4.36. The lowest BCUT2D eigenvalue weighted by atomic mass is 10.1. The molecule has 0 aliphatic carbocycles. The van der Waals surface area contributed by atoms with Crippen LogP contribution in [-0.2, 0) is 14.3 Å². The summed E-state index contributed by atoms with van der Waals surface area (Å²) in [7, 11) is 3.72. The zero-order valence-corrected chi connectivity index (χ0v) is 28.9. The van der Waals surface area contributed by atoms with Gasteiger partial charge >= 0.3 is 17.9 Å². The third-order valence-electron chi connectivity index (χ3n) is 8.09. The van der Waals surface area contributed by atoms with Crippen LogP contribution in [0.1, 0.15) is 149 Å². The van der Waals surface area contributed by atoms with E-state index in [1.54, 1.807) is 9.48 Å². The zero-order chi connectivity index (χ0) is 32.8. The van der Waals surface area contributed by atoms with E-state index in [1.165, 1.54) is 32.1 Å². The van der Waals surface area contributed by atoms with Crippen molar-refractivity contribution in [1.29, 1.82) is 5.26 Å². The fourth-order valence-electron chi connectivity index (χ4n) is 5.44. The van der Waals surface area contributed by atoms with E-state index in [2.05, 4.69) is 30.5 Å². The second-order valence-electron chi connectivity index (χ2n) is 12.4. The number of ether oxygens (including phenoxy) is 1. The molecule has 0 rings (SSSR count). The molecule has 0 aliphatic heterocycles. The van der Waals surface area contributed by atoms with Gasteiger partial charge in [-0.1, -0.05) is 84.5 Å². The quantitative estimate of drug-likeness (QED) is 0.0229. The van der Waals surface area contributed by atoms with Crippen molar-refractivity contribution < 1.29 is 24.0 Å². The standard InChI is InChI=1S/C35H65N5O4/c1-6-8-9-10-13-18-24-32(7-2)44-34(43)26-20-15-12-17-22-29-40(28-21-16-11-14-19-25-33(41)42)30-23-27-39(5)35(37-31-36)38(3)4/h32H,5-30H2,1-4H3/p+1. The molecule has 0 aromatic rings. The van der Waals surface area contributed by atoms with Crippen LogP contribution in [0.3, 0.4) is 0 Å². The van der Waals surface area contributed by atoms with Crippen LogP contribution in [0.4, 0.5) is 0 Å². The van der Waals surface area contributed by atoms with Crippen LogP contribution in [0.5, 0.6) is 0 Å². The summed E-state index contributed by atoms with van der Waals surface area (Å²) in [4.78, 5) is 31.3. The summed E-state index contributed by atoms with van der Waals surface area (Å²) >= 11 is 0. The highest BCUT2D eigenvalue weighted by atomic mass is 16.5. The minimum absolute atomic E-state index is 0.0336. The molecule has 0 radical (unpaired) electrons. The van der Waals surface area contributed by atoms with Gasteiger partial charge in [-0.2, -0.15) is 5.26 Å². The Morgan fingerprint density at radius 2 is 1.34 bits per heavy atom. The third-order valence-corrected chi connectivity index (χ3v) is 8.09. The van der Waals surface area contributed by atoms with Gasteiger partial charge in [-0.15, -0.1) is 0 Å². The van der Waals surface area contributed by atoms with Crippen LogP contribution >= 0.6 is 0 Å². The Bertz CT molecular complexity index is 824. The highest BCUT2D eigenvalue weighted by Gasteiger charge is 2.16. The molecule has 254 valence electrons. The number of aliphatic carboxylic acids is 1. The fourth-order valence-corrected chi connectivity index (χ4v) is 5.44. The number of rotatable bonds is 29. The first kappa shape index (κ1) is 41.5. The van der Waals surface area contributed by atoms with Crippen molar-refractivity contribution in [1.82, 2.24) is 9.80 Å². The molecule has 1 unspecified atom stereocenters. The maximum absolute atomic E-state index is 12.4. The monoisotopic (exact) mass is 621 g/mol. The summed E-state index contributed by atoms with van der Waals surface area (Å²) in [5.41, 5.74) is 0. The number of carbonyl (C=O) groups excluding carboxylic acids is 1. The summed E-state index contributed by atoms with van der Waals surface area (Å²) in [5.74, 6) is -0.183. The average Bonchev–Trinajstić information content (AvgIpc) is 2.99. The molecular formula is C35H66N5O4+. The normalized spacial score (nSPS) is 12.2. The van der Waals surface area contributed by atoms with Crippen molar-refractivity contribution in [2.24, 2.45) is 4.99 Å². The van der Waals surface area contributed by atoms with E-state index < -0.39 is 5.97 Å². The first-order valence-electron chi connectivity index (χ1n) is 17.6. The van der Waals surface area contributed by atoms with Crippen molar-refractivity contribution >= 4 is 24.6 Å². The number of hydrogen-bond donors (Lipinski definition) is 1. The first-order valence-corrected chi connectivity index (χ1v) is 17.6. The van der Waals surface area contributed by atoms with Gasteiger partial charge in [0.15, 0.2) is 0 Å². The van der Waals surface area contributed by atoms with Gasteiger partial charge in [0.05, 0.1) is 20.6 Å². The second kappa shape index (κ2) is 29.3. The Kier molecular flexibility index (Phi) is 27.6. The van der Waals surface area contributed by atoms with Crippen LogP contribution in [0, 0.1) is 11.5 Å². The maximum atomic E-state index is 12.4. The number of nitriles is 1. The number of hydrogen-bond acceptors (Lipinski definition) is 6. The Morgan fingerprint density at radius 1 is 0.818 bits per heavy atom. The maximum Gasteiger partial charge on any atom is 0.404 e. The van der Waals surface area contributed by atoms with E-state index in [4.69, 9.17) is 15.1 Å². The summed E-state index contributed by atoms with van der Waals surface area (Å²) in [6, 6.07) is 0. The van der Waals surface area contributed by atoms with E-state index >= 15 is 0 Å². The second-order valence-corrected chi connectivity index (χ2v) is 12.4. The van der Waals surface area contributed by atoms with Crippen molar-refractivity contribution in [2.75, 3.05) is 40.3 Å². The molecule has 0 aliphatic rings. The van der Waals surface area contributed by atoms with E-state index in [0.717, 1.165) is 116 Å². The van der Waals surface area contributed by atoms with Crippen LogP contribution in [0.2, 0.25) is 0 Å². The van der Waals surface area contributed by atoms with Gasteiger partial charge in [0.1, 0.15) is 6.10 Å². The van der Waals surface area contributed by atoms with Gasteiger partial charge in [0, 0.05) is 31.1 Å². The lowest BCUT2D eigenvalue weighted by Crippen LogP contribution is -2.35. The number of aliphatic imine (C=N–C) groups is 1. The Hall–Kier alpha value is -2.47. The summed E-state index contributed by atoms with van der Waals surface area (Å²) in [6.45, 7) is 12.2. The van der Waals surface area contributed by atoms with Gasteiger partial charge < -0.3 is 14.7 Å². The minimum atomic E-state index is -0.711. The summed E-state index contributed by atoms with van der Waals surface area (Å²) in [5, 5.41) is 17.8. The van der Waals surface area contributed by atoms with Crippen molar-refractivity contribution in [2.45, 2.75) is 155 Å². The third kappa shape index (κ3) is 24.9. The lowest BCUT2D eigenvalue weighted by Gasteiger charge is -2.22. The number of esters is 1. The smallest absolute Gasteiger partial charge is 0.404 e. The molecule has 0 aromatic heterocycles. The van der Waals surface area contributed by atoms with Crippen molar-refractivity contribution in [3.8, 4) is 6.19 Å². The fraction of sp³-hybridized carbons (Fsp3) is 0.857. The van der Waals surface area contributed by atoms with Crippen LogP contribution < -0.4 is 0 Å². The number of carboxylic acid groups (broad SMARTS) is 1. The van der Waals surface area contributed by atoms with Gasteiger partial charge in [0.2, 0.25) is 0 Å². The largest absolute Gasteiger partial charge is 0.481 e. The van der Waals surface area contributed by atoms with Gasteiger partial charge in [-0.3, -0.25) is 14.5 Å². The summed E-state index contributed by atoms with van der Waals surface area (Å²) < 4.78 is 7.54. The SMILES string of the molecule is C=[N+](CCCN(CCCCCCCC(=O)O)CCCCCCCC(=O)OC(CC)CCCCCCCC)C(=NC#N)N(C)C. The molecule has 0 spiro atoms. The van der Waals surface area contributed by atoms with Gasteiger partial charge in [0.25, 0.3) is 6.19 Å². The predicted molar refractivity (Wildman–Crippen MR) is 181 cm³/mol. The lowest BCUT2D eigenvalue weighted by molar-refractivity contribution is -0.410. The molecule has 1 atom stereocenters. The number of unbranched alkanes of at least 4 members (excludes halogenated alkanes) is 13. The highest BCUT2D eigenvalue weighted by Crippen LogP contribution is 2.15. The minimum Gasteiger partial charge on any atom is -0.481 e. The molecule has 0 bridgehead atoms. The number of carbonyl (C=O) groups is 2. The molecule has 0 amide bonds. The first-order chi connectivity index (χ1) is 21.2. The van der Waals surface area contributed by atoms with Crippen molar-refractivity contribution in [3.05, 3.63) is 0 Å². The van der Waals surface area contributed by atoms with E-state index in [1.807, 2.05) is 20.3 Å². The molecule has 9 heteroatoms. The van der Waals surface area contributed by atoms with Gasteiger partial charge in [-0.25, -0.2) is 4.58 Å². The average molecular weight is 621 g/mol. The predicted octanol–water partition coefficient (Wildman–Crippen LogP) is 7.63. The summed E-state index contributed by atoms with van der Waals surface area (Å²) in [6.07, 6.45) is 23.5. The van der Waals surface area contributed by atoms with E-state index in [-0.39, 0.29) is 18.5 Å². The molecule has 0 saturated carbocycles. The molecule has 0 heterocycles. The van der Waals surface area contributed by atoms with Crippen LogP contribution in [-0.4, -0.2) is 90.5 Å². The van der Waals surface area contributed by atoms with E-state index in [0.29, 0.717) is 12.4 Å². The number of carboxylic acids is 1. The number of guanidine groups is 1. The molecule has 0 saturated heterocycles. The molecular weight excluding hydrogens is 554 g/mol. The van der Waals surface area contributed by atoms with Crippen LogP contribution in [0.25, 0.3) is 0 Å². The molecule has 44 heavy (non-hydrogen) atoms. The van der Waals surface area contributed by atoms with E-state index in [9.17, 15) is 9.59 Å².